The largest absolute Gasteiger partial charge is 0.382 e. The van der Waals surface area contributed by atoms with Gasteiger partial charge < -0.3 is 15.4 Å². The maximum atomic E-state index is 5.36. The third kappa shape index (κ3) is 8.56. The van der Waals surface area contributed by atoms with Crippen LogP contribution in [-0.4, -0.2) is 38.8 Å². The maximum absolute atomic E-state index is 5.36. The minimum absolute atomic E-state index is 0. The molecule has 0 radical (unpaired) electrons. The zero-order valence-electron chi connectivity index (χ0n) is 14.7. The fraction of sp³-hybridized carbons (Fsp3) is 0.941. The Morgan fingerprint density at radius 1 is 1.09 bits per heavy atom. The lowest BCUT2D eigenvalue weighted by Gasteiger charge is -2.25. The average molecular weight is 425 g/mol. The van der Waals surface area contributed by atoms with Crippen molar-refractivity contribution in [3.63, 3.8) is 0 Å². The molecular weight excluding hydrogens is 389 g/mol. The smallest absolute Gasteiger partial charge is 0.191 e. The number of hydrogen-bond donors (Lipinski definition) is 2. The molecule has 0 amide bonds. The molecule has 1 aliphatic carbocycles. The second-order valence-electron chi connectivity index (χ2n) is 6.09. The van der Waals surface area contributed by atoms with Gasteiger partial charge >= 0.3 is 0 Å². The van der Waals surface area contributed by atoms with E-state index in [4.69, 9.17) is 9.73 Å². The van der Waals surface area contributed by atoms with E-state index in [0.717, 1.165) is 51.6 Å². The summed E-state index contributed by atoms with van der Waals surface area (Å²) in [6, 6.07) is 0. The Bertz CT molecular complexity index is 292. The van der Waals surface area contributed by atoms with Crippen LogP contribution in [0.5, 0.6) is 0 Å². The van der Waals surface area contributed by atoms with E-state index < -0.39 is 0 Å². The Morgan fingerprint density at radius 2 is 1.82 bits per heavy atom. The number of unbranched alkanes of at least 4 members (excludes halogenated alkanes) is 1. The van der Waals surface area contributed by atoms with E-state index in [0.29, 0.717) is 5.41 Å². The first-order valence-corrected chi connectivity index (χ1v) is 8.86. The predicted octanol–water partition coefficient (Wildman–Crippen LogP) is 3.95. The first kappa shape index (κ1) is 22.0. The number of rotatable bonds is 10. The maximum Gasteiger partial charge on any atom is 0.191 e. The number of hydrogen-bond acceptors (Lipinski definition) is 2. The van der Waals surface area contributed by atoms with Crippen molar-refractivity contribution in [1.29, 1.82) is 0 Å². The summed E-state index contributed by atoms with van der Waals surface area (Å²) in [7, 11) is 0. The average Bonchev–Trinajstić information content (AvgIpc) is 2.97. The molecule has 22 heavy (non-hydrogen) atoms. The Morgan fingerprint density at radius 3 is 2.41 bits per heavy atom. The molecule has 1 fully saturated rings. The van der Waals surface area contributed by atoms with Gasteiger partial charge in [-0.25, -0.2) is 0 Å². The Balaban J connectivity index is 0.00000441. The van der Waals surface area contributed by atoms with Crippen molar-refractivity contribution in [3.05, 3.63) is 0 Å². The number of aliphatic imine (C=N–C) groups is 1. The van der Waals surface area contributed by atoms with Crippen LogP contribution >= 0.6 is 24.0 Å². The molecule has 0 atom stereocenters. The molecule has 0 saturated heterocycles. The van der Waals surface area contributed by atoms with Gasteiger partial charge in [0.05, 0.1) is 0 Å². The molecule has 0 bridgehead atoms. The van der Waals surface area contributed by atoms with Crippen molar-refractivity contribution in [2.24, 2.45) is 10.4 Å². The summed E-state index contributed by atoms with van der Waals surface area (Å²) in [5, 5.41) is 6.80. The number of ether oxygens (including phenoxy) is 1. The van der Waals surface area contributed by atoms with Crippen molar-refractivity contribution in [1.82, 2.24) is 10.6 Å². The quantitative estimate of drug-likeness (QED) is 0.241. The van der Waals surface area contributed by atoms with Gasteiger partial charge in [0.1, 0.15) is 0 Å². The van der Waals surface area contributed by atoms with Gasteiger partial charge in [0.25, 0.3) is 0 Å². The van der Waals surface area contributed by atoms with Gasteiger partial charge in [0, 0.05) is 32.8 Å². The van der Waals surface area contributed by atoms with E-state index in [1.165, 1.54) is 32.1 Å². The Hall–Kier alpha value is -0.0400. The molecule has 0 unspecified atom stereocenters. The van der Waals surface area contributed by atoms with Crippen LogP contribution in [0.1, 0.15) is 65.7 Å². The van der Waals surface area contributed by atoms with Gasteiger partial charge in [0.15, 0.2) is 5.96 Å². The topological polar surface area (TPSA) is 45.7 Å². The first-order chi connectivity index (χ1) is 10.3. The third-order valence-corrected chi connectivity index (χ3v) is 4.54. The summed E-state index contributed by atoms with van der Waals surface area (Å²) < 4.78 is 5.36. The van der Waals surface area contributed by atoms with Crippen molar-refractivity contribution in [3.8, 4) is 0 Å². The number of guanidine groups is 1. The van der Waals surface area contributed by atoms with Crippen molar-refractivity contribution >= 4 is 29.9 Å². The van der Waals surface area contributed by atoms with E-state index in [1.54, 1.807) is 0 Å². The third-order valence-electron chi connectivity index (χ3n) is 4.54. The fourth-order valence-corrected chi connectivity index (χ4v) is 3.02. The van der Waals surface area contributed by atoms with Gasteiger partial charge in [-0.15, -0.1) is 24.0 Å². The van der Waals surface area contributed by atoms with E-state index in [1.807, 2.05) is 6.92 Å². The molecule has 2 N–H and O–H groups in total. The molecule has 1 saturated carbocycles. The van der Waals surface area contributed by atoms with Crippen molar-refractivity contribution in [2.45, 2.75) is 65.7 Å². The zero-order valence-corrected chi connectivity index (χ0v) is 17.1. The fourth-order valence-electron chi connectivity index (χ4n) is 3.02. The summed E-state index contributed by atoms with van der Waals surface area (Å²) >= 11 is 0. The van der Waals surface area contributed by atoms with Crippen LogP contribution in [0.3, 0.4) is 0 Å². The van der Waals surface area contributed by atoms with Crippen LogP contribution in [0.2, 0.25) is 0 Å². The summed E-state index contributed by atoms with van der Waals surface area (Å²) in [4.78, 5) is 4.84. The lowest BCUT2D eigenvalue weighted by Crippen LogP contribution is -2.38. The minimum atomic E-state index is 0. The van der Waals surface area contributed by atoms with E-state index in [2.05, 4.69) is 24.5 Å². The highest BCUT2D eigenvalue weighted by molar-refractivity contribution is 14.0. The minimum Gasteiger partial charge on any atom is -0.382 e. The Labute approximate surface area is 154 Å². The number of halogens is 1. The highest BCUT2D eigenvalue weighted by atomic mass is 127. The Kier molecular flexibility index (Phi) is 13.4. The molecule has 4 nitrogen and oxygen atoms in total. The molecule has 132 valence electrons. The highest BCUT2D eigenvalue weighted by Crippen LogP contribution is 2.41. The van der Waals surface area contributed by atoms with E-state index >= 15 is 0 Å². The number of nitrogens with one attached hydrogen (secondary N) is 2. The van der Waals surface area contributed by atoms with Gasteiger partial charge in [0.2, 0.25) is 0 Å². The van der Waals surface area contributed by atoms with Crippen LogP contribution in [0.15, 0.2) is 4.99 Å². The van der Waals surface area contributed by atoms with Crippen molar-refractivity contribution in [2.75, 3.05) is 32.8 Å². The first-order valence-electron chi connectivity index (χ1n) is 8.86. The molecule has 0 heterocycles. The molecule has 0 aromatic rings. The zero-order chi connectivity index (χ0) is 15.4. The summed E-state index contributed by atoms with van der Waals surface area (Å²) in [5.74, 6) is 0.980. The van der Waals surface area contributed by atoms with Crippen molar-refractivity contribution < 1.29 is 4.74 Å². The highest BCUT2D eigenvalue weighted by Gasteiger charge is 2.31. The summed E-state index contributed by atoms with van der Waals surface area (Å²) in [6.45, 7) is 11.0. The van der Waals surface area contributed by atoms with Crippen LogP contribution in [0, 0.1) is 5.41 Å². The van der Waals surface area contributed by atoms with Gasteiger partial charge in [-0.05, 0) is 51.4 Å². The van der Waals surface area contributed by atoms with Gasteiger partial charge in [-0.2, -0.15) is 0 Å². The second-order valence-corrected chi connectivity index (χ2v) is 6.09. The lowest BCUT2D eigenvalue weighted by molar-refractivity contribution is 0.143. The van der Waals surface area contributed by atoms with Crippen LogP contribution < -0.4 is 10.6 Å². The molecular formula is C17H36IN3O. The predicted molar refractivity (Wildman–Crippen MR) is 106 cm³/mol. The summed E-state index contributed by atoms with van der Waals surface area (Å²) in [6.07, 6.45) is 8.95. The second kappa shape index (κ2) is 13.4. The molecule has 1 rings (SSSR count). The molecule has 5 heteroatoms. The monoisotopic (exact) mass is 425 g/mol. The van der Waals surface area contributed by atoms with Gasteiger partial charge in [-0.1, -0.05) is 19.8 Å². The van der Waals surface area contributed by atoms with E-state index in [9.17, 15) is 0 Å². The normalized spacial score (nSPS) is 17.1. The lowest BCUT2D eigenvalue weighted by atomic mass is 9.84. The van der Waals surface area contributed by atoms with E-state index in [-0.39, 0.29) is 24.0 Å². The standard InChI is InChI=1S/C17H35N3O.HI/c1-4-17(11-7-8-12-17)15-20-16(18-5-2)19-13-9-10-14-21-6-3;/h4-15H2,1-3H3,(H2,18,19,20);1H. The van der Waals surface area contributed by atoms with Gasteiger partial charge in [-0.3, -0.25) is 4.99 Å². The van der Waals surface area contributed by atoms with Crippen LogP contribution in [0.25, 0.3) is 0 Å². The molecule has 0 aromatic carbocycles. The molecule has 0 spiro atoms. The number of nitrogens with zero attached hydrogens (tertiary/aromatic N) is 1. The molecule has 1 aliphatic rings. The summed E-state index contributed by atoms with van der Waals surface area (Å²) in [5.41, 5.74) is 0.470. The molecule has 0 aliphatic heterocycles. The molecule has 0 aromatic heterocycles. The SMILES string of the molecule is CCNC(=NCC1(CC)CCCC1)NCCCCOCC.I. The van der Waals surface area contributed by atoms with Crippen LogP contribution in [0.4, 0.5) is 0 Å². The van der Waals surface area contributed by atoms with Crippen LogP contribution in [-0.2, 0) is 4.74 Å².